The maximum Gasteiger partial charge on any atom is 0.272 e. The highest BCUT2D eigenvalue weighted by Crippen LogP contribution is 2.29. The topological polar surface area (TPSA) is 96.5 Å². The summed E-state index contributed by atoms with van der Waals surface area (Å²) in [4.78, 5) is 40.2. The van der Waals surface area contributed by atoms with Crippen LogP contribution in [0.2, 0.25) is 0 Å². The average molecular weight is 634 g/mol. The van der Waals surface area contributed by atoms with Crippen molar-refractivity contribution in [3.63, 3.8) is 0 Å². The summed E-state index contributed by atoms with van der Waals surface area (Å²) < 4.78 is 5.83. The van der Waals surface area contributed by atoms with Crippen molar-refractivity contribution in [2.45, 2.75) is 23.5 Å². The number of hydrogen-bond acceptors (Lipinski definition) is 6. The number of anilines is 2. The Morgan fingerprint density at radius 3 is 2.20 bits per heavy atom. The Bertz CT molecular complexity index is 1760. The molecule has 1 heterocycles. The molecule has 5 rings (SSSR count). The van der Waals surface area contributed by atoms with E-state index in [0.29, 0.717) is 29.1 Å². The lowest BCUT2D eigenvalue weighted by Crippen LogP contribution is -2.30. The Kier molecular flexibility index (Phi) is 10.8. The van der Waals surface area contributed by atoms with E-state index in [4.69, 9.17) is 4.74 Å². The number of thiophene rings is 1. The first kappa shape index (κ1) is 31.3. The molecule has 45 heavy (non-hydrogen) atoms. The fourth-order valence-electron chi connectivity index (χ4n) is 4.25. The van der Waals surface area contributed by atoms with Crippen LogP contribution in [-0.4, -0.2) is 23.0 Å². The van der Waals surface area contributed by atoms with Crippen LogP contribution in [0.4, 0.5) is 11.4 Å². The summed E-state index contributed by atoms with van der Waals surface area (Å²) in [7, 11) is 0. The minimum atomic E-state index is -0.461. The minimum absolute atomic E-state index is 0.117. The van der Waals surface area contributed by atoms with Crippen molar-refractivity contribution in [3.8, 4) is 11.5 Å². The van der Waals surface area contributed by atoms with E-state index in [1.54, 1.807) is 36.4 Å². The largest absolute Gasteiger partial charge is 0.457 e. The number of rotatable bonds is 12. The zero-order chi connectivity index (χ0) is 31.4. The van der Waals surface area contributed by atoms with Crippen LogP contribution in [0.3, 0.4) is 0 Å². The van der Waals surface area contributed by atoms with Gasteiger partial charge in [0.1, 0.15) is 17.2 Å². The number of benzene rings is 4. The summed E-state index contributed by atoms with van der Waals surface area (Å²) in [6.45, 7) is 1.95. The van der Waals surface area contributed by atoms with Crippen LogP contribution in [0.15, 0.2) is 137 Å². The second kappa shape index (κ2) is 15.6. The molecule has 0 aliphatic rings. The summed E-state index contributed by atoms with van der Waals surface area (Å²) in [5.74, 6) is 0.441. The van der Waals surface area contributed by atoms with Crippen molar-refractivity contribution in [1.82, 2.24) is 5.32 Å². The molecule has 1 aromatic heterocycles. The number of nitrogens with one attached hydrogen (secondary N) is 3. The molecule has 0 radical (unpaired) electrons. The number of carbonyl (C=O) groups excluding carboxylic acids is 3. The Morgan fingerprint density at radius 2 is 1.51 bits per heavy atom. The van der Waals surface area contributed by atoms with Crippen LogP contribution >= 0.6 is 23.1 Å². The maximum atomic E-state index is 13.4. The molecule has 3 amide bonds. The molecule has 1 atom stereocenters. The Labute approximate surface area is 270 Å². The van der Waals surface area contributed by atoms with E-state index in [1.165, 1.54) is 23.1 Å². The van der Waals surface area contributed by atoms with Crippen LogP contribution in [-0.2, 0) is 9.59 Å². The van der Waals surface area contributed by atoms with E-state index in [1.807, 2.05) is 103 Å². The van der Waals surface area contributed by atoms with E-state index >= 15 is 0 Å². The van der Waals surface area contributed by atoms with Crippen molar-refractivity contribution in [3.05, 3.63) is 143 Å². The van der Waals surface area contributed by atoms with Gasteiger partial charge in [-0.05, 0) is 102 Å². The van der Waals surface area contributed by atoms with Crippen LogP contribution in [0.5, 0.6) is 11.5 Å². The van der Waals surface area contributed by atoms with Crippen molar-refractivity contribution in [1.29, 1.82) is 0 Å². The molecule has 4 aromatic carbocycles. The van der Waals surface area contributed by atoms with E-state index in [0.717, 1.165) is 16.2 Å². The molecular weight excluding hydrogens is 603 g/mol. The number of ether oxygens (including phenoxy) is 1. The standard InChI is InChI=1S/C36H31N3O4S2/c1-2-33(36(42)37-27-16-18-30(19-17-27)43-29-13-7-4-8-14-29)45-31-15-9-12-28(23-31)38-35(41)32(22-25-20-21-44-24-25)39-34(40)26-10-5-3-6-11-26/h3-24,33H,2H2,1H3,(H,37,42)(H,38,41)(H,39,40)/b32-22-. The molecule has 0 fully saturated rings. The van der Waals surface area contributed by atoms with Gasteiger partial charge in [-0.25, -0.2) is 0 Å². The third-order valence-corrected chi connectivity index (χ3v) is 8.58. The van der Waals surface area contributed by atoms with Gasteiger partial charge >= 0.3 is 0 Å². The first-order valence-electron chi connectivity index (χ1n) is 14.3. The van der Waals surface area contributed by atoms with Gasteiger partial charge in [0.25, 0.3) is 11.8 Å². The predicted molar refractivity (Wildman–Crippen MR) is 183 cm³/mol. The van der Waals surface area contributed by atoms with Gasteiger partial charge < -0.3 is 20.7 Å². The third kappa shape index (κ3) is 9.18. The average Bonchev–Trinajstić information content (AvgIpc) is 3.58. The minimum Gasteiger partial charge on any atom is -0.457 e. The molecule has 9 heteroatoms. The molecule has 0 aliphatic heterocycles. The highest BCUT2D eigenvalue weighted by molar-refractivity contribution is 8.00. The number of amides is 3. The lowest BCUT2D eigenvalue weighted by atomic mass is 10.2. The van der Waals surface area contributed by atoms with Crippen LogP contribution in [0.1, 0.15) is 29.3 Å². The molecule has 3 N–H and O–H groups in total. The van der Waals surface area contributed by atoms with Gasteiger partial charge in [-0.15, -0.1) is 11.8 Å². The van der Waals surface area contributed by atoms with Crippen LogP contribution in [0.25, 0.3) is 6.08 Å². The number of thioether (sulfide) groups is 1. The second-order valence-electron chi connectivity index (χ2n) is 9.86. The van der Waals surface area contributed by atoms with E-state index < -0.39 is 5.91 Å². The molecule has 0 bridgehead atoms. The monoisotopic (exact) mass is 633 g/mol. The van der Waals surface area contributed by atoms with Crippen molar-refractivity contribution < 1.29 is 19.1 Å². The zero-order valence-electron chi connectivity index (χ0n) is 24.4. The Hall–Kier alpha value is -5.12. The fourth-order valence-corrected chi connectivity index (χ4v) is 5.88. The maximum absolute atomic E-state index is 13.4. The highest BCUT2D eigenvalue weighted by Gasteiger charge is 2.19. The summed E-state index contributed by atoms with van der Waals surface area (Å²) >= 11 is 2.91. The normalized spacial score (nSPS) is 11.7. The van der Waals surface area contributed by atoms with Crippen molar-refractivity contribution in [2.75, 3.05) is 10.6 Å². The summed E-state index contributed by atoms with van der Waals surface area (Å²) in [5.41, 5.74) is 2.58. The van der Waals surface area contributed by atoms with Gasteiger partial charge in [0.15, 0.2) is 0 Å². The van der Waals surface area contributed by atoms with E-state index in [-0.39, 0.29) is 22.8 Å². The lowest BCUT2D eigenvalue weighted by molar-refractivity contribution is -0.116. The third-order valence-electron chi connectivity index (χ3n) is 6.52. The summed E-state index contributed by atoms with van der Waals surface area (Å²) in [6, 6.07) is 34.6. The number of carbonyl (C=O) groups is 3. The smallest absolute Gasteiger partial charge is 0.272 e. The highest BCUT2D eigenvalue weighted by atomic mass is 32.2. The van der Waals surface area contributed by atoms with Gasteiger partial charge in [0, 0.05) is 21.8 Å². The van der Waals surface area contributed by atoms with Gasteiger partial charge in [-0.2, -0.15) is 11.3 Å². The molecule has 1 unspecified atom stereocenters. The van der Waals surface area contributed by atoms with Gasteiger partial charge in [0.05, 0.1) is 5.25 Å². The fraction of sp³-hybridized carbons (Fsp3) is 0.0833. The molecule has 0 saturated carbocycles. The van der Waals surface area contributed by atoms with E-state index in [2.05, 4.69) is 16.0 Å². The molecular formula is C36H31N3O4S2. The quantitative estimate of drug-likeness (QED) is 0.0946. The molecule has 0 spiro atoms. The Morgan fingerprint density at radius 1 is 0.800 bits per heavy atom. The summed E-state index contributed by atoms with van der Waals surface area (Å²) in [6.07, 6.45) is 2.24. The molecule has 7 nitrogen and oxygen atoms in total. The van der Waals surface area contributed by atoms with Crippen LogP contribution in [0, 0.1) is 0 Å². The molecule has 0 saturated heterocycles. The van der Waals surface area contributed by atoms with Crippen molar-refractivity contribution in [2.24, 2.45) is 0 Å². The second-order valence-corrected chi connectivity index (χ2v) is 11.9. The Balaban J connectivity index is 1.22. The predicted octanol–water partition coefficient (Wildman–Crippen LogP) is 8.46. The van der Waals surface area contributed by atoms with Crippen molar-refractivity contribution >= 4 is 58.3 Å². The molecule has 226 valence electrons. The first-order chi connectivity index (χ1) is 22.0. The number of hydrogen-bond donors (Lipinski definition) is 3. The van der Waals surface area contributed by atoms with Crippen LogP contribution < -0.4 is 20.7 Å². The van der Waals surface area contributed by atoms with Gasteiger partial charge in [0.2, 0.25) is 5.91 Å². The zero-order valence-corrected chi connectivity index (χ0v) is 26.1. The van der Waals surface area contributed by atoms with E-state index in [9.17, 15) is 14.4 Å². The summed E-state index contributed by atoms with van der Waals surface area (Å²) in [5, 5.41) is 12.1. The number of para-hydroxylation sites is 1. The lowest BCUT2D eigenvalue weighted by Gasteiger charge is -2.16. The molecule has 0 aliphatic carbocycles. The van der Waals surface area contributed by atoms with Gasteiger partial charge in [-0.3, -0.25) is 14.4 Å². The SMILES string of the molecule is CCC(Sc1cccc(NC(=O)/C(=C/c2ccsc2)NC(=O)c2ccccc2)c1)C(=O)Nc1ccc(Oc2ccccc2)cc1. The first-order valence-corrected chi connectivity index (χ1v) is 16.1. The van der Waals surface area contributed by atoms with Gasteiger partial charge in [-0.1, -0.05) is 49.4 Å². The molecule has 5 aromatic rings.